The van der Waals surface area contributed by atoms with E-state index in [2.05, 4.69) is 12.2 Å². The van der Waals surface area contributed by atoms with Crippen LogP contribution < -0.4 is 5.32 Å². The molecule has 0 aromatic rings. The van der Waals surface area contributed by atoms with Crippen LogP contribution in [0.2, 0.25) is 0 Å². The van der Waals surface area contributed by atoms with E-state index in [0.29, 0.717) is 5.75 Å². The standard InChI is InChI=1S/C15H31NO2S/c1-3-11-16-13-15-9-6-4-5-8-14(15)10-7-12-19(2,17)18/h14-16H,3-13H2,1-2H3. The second-order valence-corrected chi connectivity index (χ2v) is 8.39. The number of hydrogen-bond donors (Lipinski definition) is 1. The van der Waals surface area contributed by atoms with Crippen molar-refractivity contribution >= 4 is 9.84 Å². The van der Waals surface area contributed by atoms with Crippen molar-refractivity contribution < 1.29 is 8.42 Å². The predicted octanol–water partition coefficient (Wildman–Crippen LogP) is 3.01. The van der Waals surface area contributed by atoms with Gasteiger partial charge in [-0.3, -0.25) is 0 Å². The molecule has 2 unspecified atom stereocenters. The molecule has 0 aliphatic heterocycles. The first kappa shape index (κ1) is 17.0. The third kappa shape index (κ3) is 7.93. The molecule has 0 spiro atoms. The van der Waals surface area contributed by atoms with Gasteiger partial charge in [-0.25, -0.2) is 8.42 Å². The van der Waals surface area contributed by atoms with Crippen molar-refractivity contribution in [2.75, 3.05) is 25.1 Å². The third-order valence-electron chi connectivity index (χ3n) is 4.24. The van der Waals surface area contributed by atoms with Crippen molar-refractivity contribution in [3.63, 3.8) is 0 Å². The molecule has 1 aliphatic carbocycles. The number of hydrogen-bond acceptors (Lipinski definition) is 3. The summed E-state index contributed by atoms with van der Waals surface area (Å²) in [5.74, 6) is 1.85. The molecule has 114 valence electrons. The van der Waals surface area contributed by atoms with Crippen LogP contribution in [0.3, 0.4) is 0 Å². The van der Waals surface area contributed by atoms with Gasteiger partial charge >= 0.3 is 0 Å². The zero-order valence-electron chi connectivity index (χ0n) is 12.7. The Balaban J connectivity index is 2.39. The zero-order valence-corrected chi connectivity index (χ0v) is 13.5. The van der Waals surface area contributed by atoms with Gasteiger partial charge in [-0.1, -0.05) is 32.6 Å². The van der Waals surface area contributed by atoms with Crippen LogP contribution in [0.15, 0.2) is 0 Å². The fourth-order valence-electron chi connectivity index (χ4n) is 3.18. The number of nitrogens with one attached hydrogen (secondary N) is 1. The van der Waals surface area contributed by atoms with Crippen LogP contribution in [0.25, 0.3) is 0 Å². The van der Waals surface area contributed by atoms with Crippen molar-refractivity contribution in [3.8, 4) is 0 Å². The Kier molecular flexibility index (Phi) is 8.00. The molecule has 19 heavy (non-hydrogen) atoms. The van der Waals surface area contributed by atoms with Gasteiger partial charge in [0.15, 0.2) is 0 Å². The Bertz CT molecular complexity index is 327. The van der Waals surface area contributed by atoms with Gasteiger partial charge < -0.3 is 5.32 Å². The molecule has 1 N–H and O–H groups in total. The molecule has 4 heteroatoms. The summed E-state index contributed by atoms with van der Waals surface area (Å²) in [6.45, 7) is 4.42. The fraction of sp³-hybridized carbons (Fsp3) is 1.00. The SMILES string of the molecule is CCCNCC1CCCCCC1CCCS(C)(=O)=O. The molecule has 0 radical (unpaired) electrons. The molecule has 1 aliphatic rings. The first-order chi connectivity index (χ1) is 9.03. The van der Waals surface area contributed by atoms with Gasteiger partial charge in [-0.05, 0) is 50.6 Å². The average molecular weight is 289 g/mol. The maximum atomic E-state index is 11.2. The lowest BCUT2D eigenvalue weighted by molar-refractivity contribution is 0.282. The van der Waals surface area contributed by atoms with Gasteiger partial charge in [0.05, 0.1) is 0 Å². The molecule has 1 rings (SSSR count). The van der Waals surface area contributed by atoms with Crippen molar-refractivity contribution in [3.05, 3.63) is 0 Å². The van der Waals surface area contributed by atoms with Gasteiger partial charge in [0.2, 0.25) is 0 Å². The van der Waals surface area contributed by atoms with E-state index in [1.807, 2.05) is 0 Å². The van der Waals surface area contributed by atoms with E-state index in [1.54, 1.807) is 0 Å². The summed E-state index contributed by atoms with van der Waals surface area (Å²) in [7, 11) is -2.79. The van der Waals surface area contributed by atoms with E-state index in [1.165, 1.54) is 44.8 Å². The normalized spacial score (nSPS) is 25.2. The zero-order chi connectivity index (χ0) is 14.1. The van der Waals surface area contributed by atoms with E-state index >= 15 is 0 Å². The summed E-state index contributed by atoms with van der Waals surface area (Å²) in [6, 6.07) is 0. The first-order valence-corrected chi connectivity index (χ1v) is 9.97. The van der Waals surface area contributed by atoms with E-state index in [-0.39, 0.29) is 0 Å². The summed E-state index contributed by atoms with van der Waals surface area (Å²) in [5.41, 5.74) is 0. The Morgan fingerprint density at radius 1 is 1.11 bits per heavy atom. The Hall–Kier alpha value is -0.0900. The molecule has 0 saturated heterocycles. The fourth-order valence-corrected chi connectivity index (χ4v) is 3.87. The minimum Gasteiger partial charge on any atom is -0.316 e. The quantitative estimate of drug-likeness (QED) is 0.552. The topological polar surface area (TPSA) is 46.2 Å². The summed E-state index contributed by atoms with van der Waals surface area (Å²) in [5, 5.41) is 3.55. The largest absolute Gasteiger partial charge is 0.316 e. The van der Waals surface area contributed by atoms with Crippen molar-refractivity contribution in [2.45, 2.75) is 58.3 Å². The van der Waals surface area contributed by atoms with Crippen molar-refractivity contribution in [2.24, 2.45) is 11.8 Å². The minimum atomic E-state index is -2.79. The number of sulfone groups is 1. The van der Waals surface area contributed by atoms with Gasteiger partial charge in [0.25, 0.3) is 0 Å². The van der Waals surface area contributed by atoms with Gasteiger partial charge in [0, 0.05) is 12.0 Å². The van der Waals surface area contributed by atoms with Crippen LogP contribution in [-0.2, 0) is 9.84 Å². The van der Waals surface area contributed by atoms with Gasteiger partial charge in [-0.15, -0.1) is 0 Å². The van der Waals surface area contributed by atoms with Crippen LogP contribution >= 0.6 is 0 Å². The maximum absolute atomic E-state index is 11.2. The van der Waals surface area contributed by atoms with Crippen LogP contribution in [0.1, 0.15) is 58.3 Å². The molecule has 0 amide bonds. The lowest BCUT2D eigenvalue weighted by Gasteiger charge is -2.25. The second kappa shape index (κ2) is 8.96. The first-order valence-electron chi connectivity index (χ1n) is 7.91. The van der Waals surface area contributed by atoms with Crippen LogP contribution in [0.4, 0.5) is 0 Å². The molecule has 0 aromatic heterocycles. The van der Waals surface area contributed by atoms with E-state index in [9.17, 15) is 8.42 Å². The highest BCUT2D eigenvalue weighted by atomic mass is 32.2. The summed E-state index contributed by atoms with van der Waals surface area (Å²) < 4.78 is 22.4. The molecular formula is C15H31NO2S. The van der Waals surface area contributed by atoms with Crippen LogP contribution in [0, 0.1) is 11.8 Å². The predicted molar refractivity (Wildman–Crippen MR) is 82.2 cm³/mol. The van der Waals surface area contributed by atoms with E-state index < -0.39 is 9.84 Å². The molecule has 3 nitrogen and oxygen atoms in total. The molecule has 1 saturated carbocycles. The number of rotatable bonds is 8. The summed E-state index contributed by atoms with van der Waals surface area (Å²) in [6.07, 6.45) is 11.1. The van der Waals surface area contributed by atoms with Crippen LogP contribution in [-0.4, -0.2) is 33.5 Å². The van der Waals surface area contributed by atoms with Gasteiger partial charge in [-0.2, -0.15) is 0 Å². The molecule has 0 bridgehead atoms. The van der Waals surface area contributed by atoms with E-state index in [4.69, 9.17) is 0 Å². The van der Waals surface area contributed by atoms with E-state index in [0.717, 1.165) is 37.8 Å². The Labute approximate surface area is 119 Å². The van der Waals surface area contributed by atoms with Crippen molar-refractivity contribution in [1.29, 1.82) is 0 Å². The smallest absolute Gasteiger partial charge is 0.147 e. The van der Waals surface area contributed by atoms with Gasteiger partial charge in [0.1, 0.15) is 9.84 Å². The maximum Gasteiger partial charge on any atom is 0.147 e. The lowest BCUT2D eigenvalue weighted by Crippen LogP contribution is -2.28. The highest BCUT2D eigenvalue weighted by Crippen LogP contribution is 2.31. The highest BCUT2D eigenvalue weighted by molar-refractivity contribution is 7.90. The molecule has 2 atom stereocenters. The second-order valence-electron chi connectivity index (χ2n) is 6.13. The minimum absolute atomic E-state index is 0.360. The average Bonchev–Trinajstić information content (AvgIpc) is 2.54. The van der Waals surface area contributed by atoms with Crippen LogP contribution in [0.5, 0.6) is 0 Å². The molecular weight excluding hydrogens is 258 g/mol. The van der Waals surface area contributed by atoms with Crippen molar-refractivity contribution in [1.82, 2.24) is 5.32 Å². The molecule has 1 fully saturated rings. The summed E-state index contributed by atoms with van der Waals surface area (Å²) >= 11 is 0. The third-order valence-corrected chi connectivity index (χ3v) is 5.27. The molecule has 0 heterocycles. The Morgan fingerprint density at radius 2 is 1.79 bits per heavy atom. The highest BCUT2D eigenvalue weighted by Gasteiger charge is 2.23. The lowest BCUT2D eigenvalue weighted by atomic mass is 9.84. The summed E-state index contributed by atoms with van der Waals surface area (Å²) in [4.78, 5) is 0. The Morgan fingerprint density at radius 3 is 2.42 bits per heavy atom. The monoisotopic (exact) mass is 289 g/mol. The molecule has 0 aromatic carbocycles.